The van der Waals surface area contributed by atoms with E-state index in [-0.39, 0.29) is 5.41 Å². The van der Waals surface area contributed by atoms with Crippen LogP contribution in [0.2, 0.25) is 10.0 Å². The topological polar surface area (TPSA) is 25.8 Å². The molecule has 3 aromatic heterocycles. The van der Waals surface area contributed by atoms with Crippen LogP contribution in [0.5, 0.6) is 0 Å². The van der Waals surface area contributed by atoms with Crippen molar-refractivity contribution < 1.29 is 0 Å². The molecule has 0 amide bonds. The molecule has 0 spiro atoms. The van der Waals surface area contributed by atoms with Crippen LogP contribution in [-0.2, 0) is 5.41 Å². The monoisotopic (exact) mass is 930 g/mol. The van der Waals surface area contributed by atoms with Gasteiger partial charge in [-0.25, -0.2) is 9.97 Å². The van der Waals surface area contributed by atoms with Gasteiger partial charge in [0.15, 0.2) is 0 Å². The fourth-order valence-corrected chi connectivity index (χ4v) is 13.0. The molecule has 0 atom stereocenters. The molecule has 0 aliphatic heterocycles. The van der Waals surface area contributed by atoms with E-state index in [2.05, 4.69) is 137 Å². The molecule has 0 bridgehead atoms. The molecule has 6 heteroatoms. The molecule has 0 radical (unpaired) electrons. The molecule has 8 aromatic rings. The van der Waals surface area contributed by atoms with Crippen LogP contribution in [0, 0.1) is 13.8 Å². The molecule has 5 aromatic carbocycles. The molecule has 0 fully saturated rings. The van der Waals surface area contributed by atoms with Gasteiger partial charge in [0.1, 0.15) is 11.0 Å². The van der Waals surface area contributed by atoms with Gasteiger partial charge in [0.05, 0.1) is 21.4 Å². The number of benzene rings is 5. The first-order valence-electron chi connectivity index (χ1n) is 24.1. The molecule has 65 heavy (non-hydrogen) atoms. The van der Waals surface area contributed by atoms with Crippen molar-refractivity contribution in [1.82, 2.24) is 9.97 Å². The van der Waals surface area contributed by atoms with Gasteiger partial charge in [-0.05, 0) is 84.8 Å². The zero-order valence-electron chi connectivity index (χ0n) is 38.4. The van der Waals surface area contributed by atoms with Gasteiger partial charge in [0.2, 0.25) is 0 Å². The van der Waals surface area contributed by atoms with Crippen molar-refractivity contribution in [3.63, 3.8) is 0 Å². The highest BCUT2D eigenvalue weighted by Gasteiger charge is 2.42. The number of fused-ring (bicyclic) bond motifs is 4. The zero-order chi connectivity index (χ0) is 44.9. The summed E-state index contributed by atoms with van der Waals surface area (Å²) < 4.78 is 0. The lowest BCUT2D eigenvalue weighted by Gasteiger charge is -2.33. The second kappa shape index (κ2) is 20.5. The first-order chi connectivity index (χ1) is 31.8. The highest BCUT2D eigenvalue weighted by atomic mass is 35.5. The SMILES string of the molecule is CCCCCCCCC1(CCCCCCCC)c2cc(C)ccc2-c2ccc(-c3ccc(-c4c(Cl)c(Cl)c(-c5ccc(C)s5)c5nc(-c6ccccc6)c(-c6ccccc6)nc45)s3)cc21. The fraction of sp³-hybridized carbons (Fsp3) is 0.322. The molecule has 0 unspecified atom stereocenters. The second-order valence-electron chi connectivity index (χ2n) is 18.2. The van der Waals surface area contributed by atoms with Crippen LogP contribution >= 0.6 is 45.9 Å². The van der Waals surface area contributed by atoms with E-state index in [4.69, 9.17) is 33.2 Å². The summed E-state index contributed by atoms with van der Waals surface area (Å²) in [4.78, 5) is 15.6. The Bertz CT molecular complexity index is 2890. The van der Waals surface area contributed by atoms with Gasteiger partial charge >= 0.3 is 0 Å². The fourth-order valence-electron chi connectivity index (χ4n) is 10.3. The van der Waals surface area contributed by atoms with Crippen LogP contribution in [0.1, 0.15) is 125 Å². The lowest BCUT2D eigenvalue weighted by molar-refractivity contribution is 0.398. The molecule has 2 nitrogen and oxygen atoms in total. The summed E-state index contributed by atoms with van der Waals surface area (Å²) in [7, 11) is 0. The van der Waals surface area contributed by atoms with Crippen molar-refractivity contribution in [2.75, 3.05) is 0 Å². The van der Waals surface area contributed by atoms with Crippen LogP contribution in [0.15, 0.2) is 121 Å². The largest absolute Gasteiger partial charge is 0.243 e. The Kier molecular flexibility index (Phi) is 14.4. The molecule has 0 saturated heterocycles. The predicted molar refractivity (Wildman–Crippen MR) is 284 cm³/mol. The highest BCUT2D eigenvalue weighted by Crippen LogP contribution is 2.56. The maximum absolute atomic E-state index is 7.55. The van der Waals surface area contributed by atoms with Gasteiger partial charge in [-0.3, -0.25) is 0 Å². The van der Waals surface area contributed by atoms with Crippen molar-refractivity contribution in [2.45, 2.75) is 123 Å². The Labute approximate surface area is 405 Å². The van der Waals surface area contributed by atoms with E-state index in [0.29, 0.717) is 10.0 Å². The minimum atomic E-state index is 0.00516. The van der Waals surface area contributed by atoms with Gasteiger partial charge in [-0.2, -0.15) is 0 Å². The molecule has 1 aliphatic rings. The van der Waals surface area contributed by atoms with Gasteiger partial charge < -0.3 is 0 Å². The van der Waals surface area contributed by atoms with Crippen molar-refractivity contribution >= 4 is 56.9 Å². The molecular weight excluding hydrogens is 872 g/mol. The molecule has 9 rings (SSSR count). The lowest BCUT2D eigenvalue weighted by Crippen LogP contribution is -2.25. The summed E-state index contributed by atoms with van der Waals surface area (Å²) in [6.07, 6.45) is 18.1. The Balaban J connectivity index is 1.18. The van der Waals surface area contributed by atoms with Crippen LogP contribution in [-0.4, -0.2) is 9.97 Å². The average Bonchev–Trinajstić information content (AvgIpc) is 4.06. The number of hydrogen-bond donors (Lipinski definition) is 0. The second-order valence-corrected chi connectivity index (χ2v) is 21.4. The molecule has 3 heterocycles. The van der Waals surface area contributed by atoms with Gasteiger partial charge in [0.25, 0.3) is 0 Å². The Morgan fingerprint density at radius 1 is 0.462 bits per heavy atom. The third-order valence-corrected chi connectivity index (χ3v) is 16.7. The minimum Gasteiger partial charge on any atom is -0.243 e. The first kappa shape index (κ1) is 45.6. The maximum atomic E-state index is 7.55. The third kappa shape index (κ3) is 9.26. The molecule has 332 valence electrons. The number of nitrogens with zero attached hydrogens (tertiary/aromatic N) is 2. The van der Waals surface area contributed by atoms with E-state index in [1.807, 2.05) is 12.1 Å². The van der Waals surface area contributed by atoms with E-state index in [0.717, 1.165) is 54.4 Å². The van der Waals surface area contributed by atoms with Gasteiger partial charge in [0, 0.05) is 47.2 Å². The van der Waals surface area contributed by atoms with Crippen LogP contribution in [0.4, 0.5) is 0 Å². The molecular formula is C59H60Cl2N2S2. The highest BCUT2D eigenvalue weighted by molar-refractivity contribution is 7.19. The Hall–Kier alpha value is -4.58. The van der Waals surface area contributed by atoms with E-state index in [9.17, 15) is 0 Å². The lowest BCUT2D eigenvalue weighted by atomic mass is 9.70. The van der Waals surface area contributed by atoms with E-state index in [1.165, 1.54) is 127 Å². The average molecular weight is 932 g/mol. The Morgan fingerprint density at radius 3 is 1.48 bits per heavy atom. The standard InChI is InChI=1S/C59H60Cl2N2S2/c1-5-7-9-11-13-21-35-59(36-22-14-12-10-8-6-2)46-37-39(3)27-30-44(46)45-31-29-43(38-47(45)59)48-33-34-50(65-48)52-54(61)53(60)51(49-32-28-40(4)64-49)57-58(52)63-56(42-25-19-16-20-26-42)55(62-57)41-23-17-15-18-24-41/h15-20,23-34,37-38H,5-14,21-22,35-36H2,1-4H3. The molecule has 0 saturated carbocycles. The number of unbranched alkanes of at least 4 members (excludes halogenated alkanes) is 10. The maximum Gasteiger partial charge on any atom is 0.100 e. The summed E-state index contributed by atoms with van der Waals surface area (Å²) in [5.41, 5.74) is 15.3. The summed E-state index contributed by atoms with van der Waals surface area (Å²) >= 11 is 18.5. The van der Waals surface area contributed by atoms with Gasteiger partial charge in [-0.15, -0.1) is 22.7 Å². The normalized spacial score (nSPS) is 12.8. The predicted octanol–water partition coefficient (Wildman–Crippen LogP) is 19.8. The first-order valence-corrected chi connectivity index (χ1v) is 26.5. The molecule has 0 N–H and O–H groups in total. The third-order valence-electron chi connectivity index (χ3n) is 13.6. The summed E-state index contributed by atoms with van der Waals surface area (Å²) in [5.74, 6) is 0. The number of halogens is 2. The summed E-state index contributed by atoms with van der Waals surface area (Å²) in [6.45, 7) is 9.01. The van der Waals surface area contributed by atoms with Crippen LogP contribution in [0.25, 0.3) is 76.0 Å². The number of thiophene rings is 2. The minimum absolute atomic E-state index is 0.00516. The van der Waals surface area contributed by atoms with Gasteiger partial charge in [-0.1, -0.05) is 211 Å². The van der Waals surface area contributed by atoms with Crippen LogP contribution < -0.4 is 0 Å². The molecule has 1 aliphatic carbocycles. The van der Waals surface area contributed by atoms with Crippen molar-refractivity contribution in [2.24, 2.45) is 0 Å². The summed E-state index contributed by atoms with van der Waals surface area (Å²) in [6, 6.07) is 44.0. The van der Waals surface area contributed by atoms with Crippen molar-refractivity contribution in [3.8, 4) is 65.0 Å². The van der Waals surface area contributed by atoms with Crippen LogP contribution in [0.3, 0.4) is 0 Å². The quantitative estimate of drug-likeness (QED) is 0.0755. The van der Waals surface area contributed by atoms with E-state index >= 15 is 0 Å². The van der Waals surface area contributed by atoms with Crippen molar-refractivity contribution in [3.05, 3.63) is 153 Å². The number of aryl methyl sites for hydroxylation is 2. The Morgan fingerprint density at radius 2 is 0.938 bits per heavy atom. The number of rotatable bonds is 19. The van der Waals surface area contributed by atoms with E-state index in [1.54, 1.807) is 28.2 Å². The smallest absolute Gasteiger partial charge is 0.100 e. The number of aromatic nitrogens is 2. The van der Waals surface area contributed by atoms with E-state index < -0.39 is 0 Å². The zero-order valence-corrected chi connectivity index (χ0v) is 41.6. The summed E-state index contributed by atoms with van der Waals surface area (Å²) in [5, 5.41) is 1.01. The van der Waals surface area contributed by atoms with Crippen molar-refractivity contribution in [1.29, 1.82) is 0 Å². The number of hydrogen-bond acceptors (Lipinski definition) is 4.